The molecule has 3 rings (SSSR count). The van der Waals surface area contributed by atoms with Crippen LogP contribution in [0.4, 0.5) is 4.39 Å². The fourth-order valence-corrected chi connectivity index (χ4v) is 2.94. The Morgan fingerprint density at radius 3 is 2.18 bits per heavy atom. The zero-order valence-electron chi connectivity index (χ0n) is 12.4. The highest BCUT2D eigenvalue weighted by atomic mass is 19.1. The van der Waals surface area contributed by atoms with Gasteiger partial charge in [-0.15, -0.1) is 0 Å². The number of morpholine rings is 1. The second-order valence-corrected chi connectivity index (χ2v) is 5.50. The van der Waals surface area contributed by atoms with Crippen LogP contribution in [0.5, 0.6) is 0 Å². The van der Waals surface area contributed by atoms with Gasteiger partial charge in [0, 0.05) is 13.1 Å². The van der Waals surface area contributed by atoms with E-state index in [1.807, 2.05) is 30.3 Å². The monoisotopic (exact) mass is 301 g/mol. The average Bonchev–Trinajstić information content (AvgIpc) is 2.57. The fourth-order valence-electron chi connectivity index (χ4n) is 2.94. The van der Waals surface area contributed by atoms with Crippen molar-refractivity contribution in [3.05, 3.63) is 71.5 Å². The smallest absolute Gasteiger partial charge is 0.123 e. The van der Waals surface area contributed by atoms with Gasteiger partial charge in [0.25, 0.3) is 0 Å². The summed E-state index contributed by atoms with van der Waals surface area (Å²) in [5.41, 5.74) is 1.78. The molecule has 0 bridgehead atoms. The van der Waals surface area contributed by atoms with Crippen LogP contribution in [0.1, 0.15) is 23.3 Å². The highest BCUT2D eigenvalue weighted by Gasteiger charge is 2.29. The molecular weight excluding hydrogens is 281 g/mol. The van der Waals surface area contributed by atoms with Gasteiger partial charge in [-0.25, -0.2) is 4.39 Å². The van der Waals surface area contributed by atoms with Crippen LogP contribution in [0.25, 0.3) is 0 Å². The fraction of sp³-hybridized carbons (Fsp3) is 0.333. The minimum Gasteiger partial charge on any atom is -0.386 e. The van der Waals surface area contributed by atoms with Crippen LogP contribution in [-0.4, -0.2) is 36.3 Å². The van der Waals surface area contributed by atoms with Gasteiger partial charge in [0.2, 0.25) is 0 Å². The summed E-state index contributed by atoms with van der Waals surface area (Å²) in [6, 6.07) is 15.9. The number of nitrogens with zero attached hydrogens (tertiary/aromatic N) is 1. The molecule has 0 unspecified atom stereocenters. The van der Waals surface area contributed by atoms with Crippen molar-refractivity contribution in [2.24, 2.45) is 0 Å². The molecule has 0 aromatic heterocycles. The number of hydrogen-bond donors (Lipinski definition) is 1. The van der Waals surface area contributed by atoms with Gasteiger partial charge in [0.1, 0.15) is 5.82 Å². The maximum atomic E-state index is 13.1. The normalized spacial score (nSPS) is 18.8. The lowest BCUT2D eigenvalue weighted by Crippen LogP contribution is -2.41. The van der Waals surface area contributed by atoms with Crippen LogP contribution in [0.15, 0.2) is 54.6 Å². The molecule has 116 valence electrons. The SMILES string of the molecule is O[C@H](c1ccc(F)cc1)[C@H](c1ccccc1)N1CCOCC1. The maximum absolute atomic E-state index is 13.1. The van der Waals surface area contributed by atoms with Crippen LogP contribution in [0.2, 0.25) is 0 Å². The largest absolute Gasteiger partial charge is 0.386 e. The summed E-state index contributed by atoms with van der Waals surface area (Å²) < 4.78 is 18.5. The first-order valence-corrected chi connectivity index (χ1v) is 7.56. The lowest BCUT2D eigenvalue weighted by Gasteiger charge is -2.37. The van der Waals surface area contributed by atoms with Gasteiger partial charge in [0.05, 0.1) is 25.4 Å². The van der Waals surface area contributed by atoms with E-state index in [9.17, 15) is 9.50 Å². The number of rotatable bonds is 4. The standard InChI is InChI=1S/C18H20FNO2/c19-16-8-6-15(7-9-16)18(21)17(14-4-2-1-3-5-14)20-10-12-22-13-11-20/h1-9,17-18,21H,10-13H2/t17-,18+/m0/s1. The molecule has 2 atom stereocenters. The van der Waals surface area contributed by atoms with E-state index in [1.165, 1.54) is 12.1 Å². The first-order chi connectivity index (χ1) is 10.8. The number of benzene rings is 2. The van der Waals surface area contributed by atoms with Crippen molar-refractivity contribution in [3.63, 3.8) is 0 Å². The summed E-state index contributed by atoms with van der Waals surface area (Å²) in [5, 5.41) is 10.9. The van der Waals surface area contributed by atoms with Crippen molar-refractivity contribution < 1.29 is 14.2 Å². The molecule has 0 amide bonds. The molecule has 1 aliphatic rings. The van der Waals surface area contributed by atoms with Crippen molar-refractivity contribution >= 4 is 0 Å². The molecule has 0 spiro atoms. The van der Waals surface area contributed by atoms with Crippen LogP contribution >= 0.6 is 0 Å². The van der Waals surface area contributed by atoms with Crippen LogP contribution in [0, 0.1) is 5.82 Å². The van der Waals surface area contributed by atoms with Gasteiger partial charge >= 0.3 is 0 Å². The van der Waals surface area contributed by atoms with E-state index >= 15 is 0 Å². The molecule has 4 heteroatoms. The van der Waals surface area contributed by atoms with Gasteiger partial charge < -0.3 is 9.84 Å². The lowest BCUT2D eigenvalue weighted by atomic mass is 9.94. The summed E-state index contributed by atoms with van der Waals surface area (Å²) in [7, 11) is 0. The number of aliphatic hydroxyl groups is 1. The van der Waals surface area contributed by atoms with Gasteiger partial charge in [-0.05, 0) is 23.3 Å². The number of hydrogen-bond acceptors (Lipinski definition) is 3. The van der Waals surface area contributed by atoms with Crippen molar-refractivity contribution in [1.29, 1.82) is 0 Å². The third-order valence-electron chi connectivity index (χ3n) is 4.09. The molecule has 2 aromatic rings. The Kier molecular flexibility index (Phi) is 4.83. The molecule has 1 N–H and O–H groups in total. The molecule has 1 aliphatic heterocycles. The summed E-state index contributed by atoms with van der Waals surface area (Å²) in [6.07, 6.45) is -0.707. The Hall–Kier alpha value is -1.75. The molecule has 22 heavy (non-hydrogen) atoms. The molecule has 1 heterocycles. The third kappa shape index (κ3) is 3.35. The van der Waals surface area contributed by atoms with E-state index in [4.69, 9.17) is 4.74 Å². The molecule has 0 aliphatic carbocycles. The minimum atomic E-state index is -0.707. The topological polar surface area (TPSA) is 32.7 Å². The highest BCUT2D eigenvalue weighted by molar-refractivity contribution is 5.26. The number of halogens is 1. The summed E-state index contributed by atoms with van der Waals surface area (Å²) in [5.74, 6) is -0.293. The average molecular weight is 301 g/mol. The predicted molar refractivity (Wildman–Crippen MR) is 82.9 cm³/mol. The van der Waals surface area contributed by atoms with E-state index in [0.29, 0.717) is 13.2 Å². The Morgan fingerprint density at radius 2 is 1.55 bits per heavy atom. The van der Waals surface area contributed by atoms with E-state index < -0.39 is 6.10 Å². The summed E-state index contributed by atoms with van der Waals surface area (Å²) in [6.45, 7) is 2.88. The summed E-state index contributed by atoms with van der Waals surface area (Å²) >= 11 is 0. The molecule has 2 aromatic carbocycles. The zero-order chi connectivity index (χ0) is 15.4. The maximum Gasteiger partial charge on any atom is 0.123 e. The molecule has 0 radical (unpaired) electrons. The van der Waals surface area contributed by atoms with Gasteiger partial charge in [0.15, 0.2) is 0 Å². The Bertz CT molecular complexity index is 582. The molecule has 0 saturated carbocycles. The summed E-state index contributed by atoms with van der Waals surface area (Å²) in [4.78, 5) is 2.23. The Morgan fingerprint density at radius 1 is 0.909 bits per heavy atom. The molecule has 3 nitrogen and oxygen atoms in total. The van der Waals surface area contributed by atoms with Gasteiger partial charge in [-0.1, -0.05) is 42.5 Å². The molecule has 1 fully saturated rings. The van der Waals surface area contributed by atoms with E-state index in [1.54, 1.807) is 12.1 Å². The van der Waals surface area contributed by atoms with E-state index in [0.717, 1.165) is 24.2 Å². The van der Waals surface area contributed by atoms with Gasteiger partial charge in [-0.2, -0.15) is 0 Å². The van der Waals surface area contributed by atoms with Gasteiger partial charge in [-0.3, -0.25) is 4.90 Å². The quantitative estimate of drug-likeness (QED) is 0.942. The van der Waals surface area contributed by atoms with E-state index in [2.05, 4.69) is 4.90 Å². The van der Waals surface area contributed by atoms with Crippen molar-refractivity contribution in [2.75, 3.05) is 26.3 Å². The Labute approximate surface area is 130 Å². The first kappa shape index (κ1) is 15.2. The second-order valence-electron chi connectivity index (χ2n) is 5.50. The minimum absolute atomic E-state index is 0.157. The predicted octanol–water partition coefficient (Wildman–Crippen LogP) is 2.93. The second kappa shape index (κ2) is 7.01. The van der Waals surface area contributed by atoms with Crippen molar-refractivity contribution in [3.8, 4) is 0 Å². The zero-order valence-corrected chi connectivity index (χ0v) is 12.4. The van der Waals surface area contributed by atoms with Crippen LogP contribution in [0.3, 0.4) is 0 Å². The molecular formula is C18H20FNO2. The third-order valence-corrected chi connectivity index (χ3v) is 4.09. The first-order valence-electron chi connectivity index (χ1n) is 7.56. The van der Waals surface area contributed by atoms with Crippen molar-refractivity contribution in [1.82, 2.24) is 4.90 Å². The molecule has 1 saturated heterocycles. The lowest BCUT2D eigenvalue weighted by molar-refractivity contribution is -0.0238. The van der Waals surface area contributed by atoms with Crippen LogP contribution < -0.4 is 0 Å². The number of aliphatic hydroxyl groups excluding tert-OH is 1. The van der Waals surface area contributed by atoms with E-state index in [-0.39, 0.29) is 11.9 Å². The van der Waals surface area contributed by atoms with Crippen LogP contribution in [-0.2, 0) is 4.74 Å². The highest BCUT2D eigenvalue weighted by Crippen LogP contribution is 2.34. The Balaban J connectivity index is 1.91. The number of ether oxygens (including phenoxy) is 1. The van der Waals surface area contributed by atoms with Crippen molar-refractivity contribution in [2.45, 2.75) is 12.1 Å².